The minimum atomic E-state index is 0.00275. The van der Waals surface area contributed by atoms with Crippen molar-refractivity contribution in [2.75, 3.05) is 24.5 Å². The standard InChI is InChI=1S/C21H26N2O/c1-17(18-8-4-2-5-9-18)16-22-21(24)19-10-12-20(13-11-19)23-14-6-3-7-15-23/h2,4-5,8-13,17H,3,6-7,14-16H2,1H3,(H,22,24)/t17-/m1/s1. The summed E-state index contributed by atoms with van der Waals surface area (Å²) < 4.78 is 0. The second-order valence-corrected chi connectivity index (χ2v) is 6.62. The minimum Gasteiger partial charge on any atom is -0.372 e. The number of hydrogen-bond acceptors (Lipinski definition) is 2. The lowest BCUT2D eigenvalue weighted by atomic mass is 10.0. The molecule has 24 heavy (non-hydrogen) atoms. The number of nitrogens with one attached hydrogen (secondary N) is 1. The molecule has 1 aliphatic heterocycles. The molecule has 2 aromatic carbocycles. The van der Waals surface area contributed by atoms with Crippen LogP contribution in [0.25, 0.3) is 0 Å². The lowest BCUT2D eigenvalue weighted by molar-refractivity contribution is 0.0951. The summed E-state index contributed by atoms with van der Waals surface area (Å²) in [6.07, 6.45) is 3.86. The summed E-state index contributed by atoms with van der Waals surface area (Å²) in [5.74, 6) is 0.311. The van der Waals surface area contributed by atoms with Gasteiger partial charge in [-0.25, -0.2) is 0 Å². The van der Waals surface area contributed by atoms with Gasteiger partial charge in [0.2, 0.25) is 0 Å². The van der Waals surface area contributed by atoms with E-state index in [0.29, 0.717) is 12.5 Å². The van der Waals surface area contributed by atoms with Crippen LogP contribution in [0.15, 0.2) is 54.6 Å². The van der Waals surface area contributed by atoms with E-state index in [9.17, 15) is 4.79 Å². The second kappa shape index (κ2) is 8.00. The van der Waals surface area contributed by atoms with Crippen molar-refractivity contribution in [2.45, 2.75) is 32.1 Å². The molecule has 1 atom stereocenters. The molecule has 1 N–H and O–H groups in total. The molecule has 1 fully saturated rings. The Labute approximate surface area is 144 Å². The van der Waals surface area contributed by atoms with Gasteiger partial charge in [0.15, 0.2) is 0 Å². The Morgan fingerprint density at radius 2 is 1.67 bits per heavy atom. The number of hydrogen-bond donors (Lipinski definition) is 1. The molecular formula is C21H26N2O. The zero-order valence-corrected chi connectivity index (χ0v) is 14.4. The third-order valence-electron chi connectivity index (χ3n) is 4.79. The van der Waals surface area contributed by atoms with Crippen molar-refractivity contribution in [3.63, 3.8) is 0 Å². The monoisotopic (exact) mass is 322 g/mol. The molecule has 0 saturated carbocycles. The van der Waals surface area contributed by atoms with E-state index < -0.39 is 0 Å². The van der Waals surface area contributed by atoms with E-state index >= 15 is 0 Å². The first kappa shape index (κ1) is 16.6. The van der Waals surface area contributed by atoms with Crippen molar-refractivity contribution in [3.05, 3.63) is 65.7 Å². The van der Waals surface area contributed by atoms with Gasteiger partial charge in [0.1, 0.15) is 0 Å². The molecule has 0 radical (unpaired) electrons. The Bertz CT molecular complexity index is 645. The van der Waals surface area contributed by atoms with Crippen LogP contribution in [0.4, 0.5) is 5.69 Å². The molecular weight excluding hydrogens is 296 g/mol. The van der Waals surface area contributed by atoms with Gasteiger partial charge in [0, 0.05) is 30.9 Å². The van der Waals surface area contributed by atoms with Gasteiger partial charge in [-0.15, -0.1) is 0 Å². The van der Waals surface area contributed by atoms with Crippen molar-refractivity contribution in [1.82, 2.24) is 5.32 Å². The first-order valence-electron chi connectivity index (χ1n) is 8.92. The molecule has 1 amide bonds. The maximum absolute atomic E-state index is 12.3. The molecule has 1 aliphatic rings. The molecule has 3 rings (SSSR count). The molecule has 0 unspecified atom stereocenters. The van der Waals surface area contributed by atoms with Gasteiger partial charge < -0.3 is 10.2 Å². The van der Waals surface area contributed by atoms with Gasteiger partial charge in [-0.1, -0.05) is 37.3 Å². The van der Waals surface area contributed by atoms with Crippen LogP contribution in [0, 0.1) is 0 Å². The Kier molecular flexibility index (Phi) is 5.52. The predicted octanol–water partition coefficient (Wildman–Crippen LogP) is 4.21. The van der Waals surface area contributed by atoms with Crippen LogP contribution in [0.3, 0.4) is 0 Å². The van der Waals surface area contributed by atoms with Gasteiger partial charge in [0.25, 0.3) is 5.91 Å². The topological polar surface area (TPSA) is 32.3 Å². The number of carbonyl (C=O) groups is 1. The van der Waals surface area contributed by atoms with E-state index in [4.69, 9.17) is 0 Å². The molecule has 1 heterocycles. The number of carbonyl (C=O) groups excluding carboxylic acids is 1. The molecule has 3 heteroatoms. The van der Waals surface area contributed by atoms with E-state index in [0.717, 1.165) is 18.7 Å². The van der Waals surface area contributed by atoms with E-state index in [1.165, 1.54) is 30.5 Å². The number of benzene rings is 2. The highest BCUT2D eigenvalue weighted by Crippen LogP contribution is 2.20. The normalized spacial score (nSPS) is 15.8. The summed E-state index contributed by atoms with van der Waals surface area (Å²) in [5.41, 5.74) is 3.21. The zero-order valence-electron chi connectivity index (χ0n) is 14.4. The van der Waals surface area contributed by atoms with Crippen LogP contribution in [0.5, 0.6) is 0 Å². The summed E-state index contributed by atoms with van der Waals surface area (Å²) in [6.45, 7) is 5.03. The Balaban J connectivity index is 1.55. The number of amides is 1. The molecule has 0 aliphatic carbocycles. The Hall–Kier alpha value is -2.29. The van der Waals surface area contributed by atoms with Crippen LogP contribution in [0.2, 0.25) is 0 Å². The van der Waals surface area contributed by atoms with Crippen molar-refractivity contribution in [3.8, 4) is 0 Å². The summed E-state index contributed by atoms with van der Waals surface area (Å²) in [5, 5.41) is 3.04. The summed E-state index contributed by atoms with van der Waals surface area (Å²) in [6, 6.07) is 18.3. The zero-order chi connectivity index (χ0) is 16.8. The Morgan fingerprint density at radius 3 is 2.33 bits per heavy atom. The third kappa shape index (κ3) is 4.16. The van der Waals surface area contributed by atoms with E-state index in [2.05, 4.69) is 41.4 Å². The highest BCUT2D eigenvalue weighted by molar-refractivity contribution is 5.94. The van der Waals surface area contributed by atoms with Gasteiger partial charge in [-0.2, -0.15) is 0 Å². The molecule has 1 saturated heterocycles. The smallest absolute Gasteiger partial charge is 0.251 e. The quantitative estimate of drug-likeness (QED) is 0.894. The molecule has 126 valence electrons. The highest BCUT2D eigenvalue weighted by Gasteiger charge is 2.13. The van der Waals surface area contributed by atoms with Crippen LogP contribution >= 0.6 is 0 Å². The Morgan fingerprint density at radius 1 is 1.00 bits per heavy atom. The minimum absolute atomic E-state index is 0.00275. The maximum Gasteiger partial charge on any atom is 0.251 e. The largest absolute Gasteiger partial charge is 0.372 e. The van der Waals surface area contributed by atoms with Crippen molar-refractivity contribution < 1.29 is 4.79 Å². The summed E-state index contributed by atoms with van der Waals surface area (Å²) in [4.78, 5) is 14.7. The fourth-order valence-corrected chi connectivity index (χ4v) is 3.22. The number of anilines is 1. The highest BCUT2D eigenvalue weighted by atomic mass is 16.1. The fourth-order valence-electron chi connectivity index (χ4n) is 3.22. The maximum atomic E-state index is 12.3. The molecule has 0 spiro atoms. The first-order valence-corrected chi connectivity index (χ1v) is 8.92. The van der Waals surface area contributed by atoms with E-state index in [1.54, 1.807) is 0 Å². The number of piperidine rings is 1. The van der Waals surface area contributed by atoms with E-state index in [-0.39, 0.29) is 5.91 Å². The molecule has 2 aromatic rings. The number of rotatable bonds is 5. The average Bonchev–Trinajstić information content (AvgIpc) is 2.67. The van der Waals surface area contributed by atoms with Crippen molar-refractivity contribution in [2.24, 2.45) is 0 Å². The van der Waals surface area contributed by atoms with Crippen LogP contribution < -0.4 is 10.2 Å². The van der Waals surface area contributed by atoms with Crippen LogP contribution in [0.1, 0.15) is 48.0 Å². The lowest BCUT2D eigenvalue weighted by Crippen LogP contribution is -2.30. The average molecular weight is 322 g/mol. The van der Waals surface area contributed by atoms with Gasteiger partial charge in [-0.3, -0.25) is 4.79 Å². The molecule has 3 nitrogen and oxygen atoms in total. The number of nitrogens with zero attached hydrogens (tertiary/aromatic N) is 1. The van der Waals surface area contributed by atoms with Crippen molar-refractivity contribution in [1.29, 1.82) is 0 Å². The fraction of sp³-hybridized carbons (Fsp3) is 0.381. The van der Waals surface area contributed by atoms with Gasteiger partial charge >= 0.3 is 0 Å². The third-order valence-corrected chi connectivity index (χ3v) is 4.79. The summed E-state index contributed by atoms with van der Waals surface area (Å²) in [7, 11) is 0. The second-order valence-electron chi connectivity index (χ2n) is 6.62. The first-order chi connectivity index (χ1) is 11.7. The van der Waals surface area contributed by atoms with Gasteiger partial charge in [-0.05, 0) is 55.0 Å². The molecule has 0 bridgehead atoms. The SMILES string of the molecule is C[C@H](CNC(=O)c1ccc(N2CCCCC2)cc1)c1ccccc1. The summed E-state index contributed by atoms with van der Waals surface area (Å²) >= 11 is 0. The van der Waals surface area contributed by atoms with E-state index in [1.807, 2.05) is 30.3 Å². The van der Waals surface area contributed by atoms with Crippen LogP contribution in [-0.2, 0) is 0 Å². The molecule has 0 aromatic heterocycles. The van der Waals surface area contributed by atoms with Crippen LogP contribution in [-0.4, -0.2) is 25.5 Å². The van der Waals surface area contributed by atoms with Crippen molar-refractivity contribution >= 4 is 11.6 Å². The van der Waals surface area contributed by atoms with Gasteiger partial charge in [0.05, 0.1) is 0 Å². The lowest BCUT2D eigenvalue weighted by Gasteiger charge is -2.28. The predicted molar refractivity (Wildman–Crippen MR) is 99.7 cm³/mol.